The Morgan fingerprint density at radius 1 is 0.371 bits per heavy atom. The molecule has 0 spiro atoms. The number of aromatic hydroxyl groups is 2. The topological polar surface area (TPSA) is 197 Å². The Labute approximate surface area is 526 Å². The fourth-order valence-electron chi connectivity index (χ4n) is 11.0. The Morgan fingerprint density at radius 2 is 0.629 bits per heavy atom. The second-order valence-corrected chi connectivity index (χ2v) is 27.6. The predicted octanol–water partition coefficient (Wildman–Crippen LogP) is 11.3. The predicted molar refractivity (Wildman–Crippen MR) is 345 cm³/mol. The van der Waals surface area contributed by atoms with Crippen LogP contribution >= 0.6 is 0 Å². The highest BCUT2D eigenvalue weighted by atomic mass is 16.6. The van der Waals surface area contributed by atoms with E-state index in [2.05, 4.69) is 118 Å². The lowest BCUT2D eigenvalue weighted by atomic mass is 9.79. The number of hydrogen-bond donors (Lipinski definition) is 4. The number of phenolic OH excluding ortho intramolecular Hbond substituents is 2. The molecule has 2 aliphatic heterocycles. The van der Waals surface area contributed by atoms with Gasteiger partial charge in [0, 0.05) is 38.5 Å². The molecule has 15 heteroatoms. The zero-order valence-electron chi connectivity index (χ0n) is 54.2. The quantitative estimate of drug-likeness (QED) is 0.0960. The van der Waals surface area contributed by atoms with Crippen LogP contribution in [0.3, 0.4) is 0 Å². The lowest BCUT2D eigenvalue weighted by Gasteiger charge is -2.28. The van der Waals surface area contributed by atoms with Crippen LogP contribution in [0.25, 0.3) is 0 Å². The molecule has 6 aromatic carbocycles. The van der Waals surface area contributed by atoms with Crippen molar-refractivity contribution >= 4 is 23.8 Å². The van der Waals surface area contributed by atoms with E-state index in [4.69, 9.17) is 33.2 Å². The number of ether oxygens (including phenoxy) is 7. The summed E-state index contributed by atoms with van der Waals surface area (Å²) in [5, 5.41) is 31.7. The van der Waals surface area contributed by atoms with Crippen molar-refractivity contribution in [3.05, 3.63) is 187 Å². The third-order valence-corrected chi connectivity index (χ3v) is 16.2. The summed E-state index contributed by atoms with van der Waals surface area (Å²) in [6.07, 6.45) is 0.981. The zero-order valence-corrected chi connectivity index (χ0v) is 54.2. The summed E-state index contributed by atoms with van der Waals surface area (Å²) in [4.78, 5) is 56.8. The van der Waals surface area contributed by atoms with Crippen LogP contribution in [-0.2, 0) is 103 Å². The number of benzene rings is 6. The van der Waals surface area contributed by atoms with E-state index < -0.39 is 59.9 Å². The van der Waals surface area contributed by atoms with E-state index in [0.717, 1.165) is 33.4 Å². The van der Waals surface area contributed by atoms with Gasteiger partial charge in [0.2, 0.25) is 0 Å². The number of rotatable bonds is 4. The van der Waals surface area contributed by atoms with Crippen molar-refractivity contribution in [3.63, 3.8) is 0 Å². The van der Waals surface area contributed by atoms with Gasteiger partial charge in [0.05, 0.1) is 39.6 Å². The molecular formula is C74H92N2O13. The largest absolute Gasteiger partial charge is 0.507 e. The van der Waals surface area contributed by atoms with Gasteiger partial charge in [-0.2, -0.15) is 0 Å². The summed E-state index contributed by atoms with van der Waals surface area (Å²) >= 11 is 0. The van der Waals surface area contributed by atoms with Gasteiger partial charge in [-0.3, -0.25) is 9.59 Å². The molecule has 6 aromatic rings. The highest BCUT2D eigenvalue weighted by Gasteiger charge is 2.31. The van der Waals surface area contributed by atoms with Gasteiger partial charge < -0.3 is 54.0 Å². The third kappa shape index (κ3) is 18.7. The Kier molecular flexibility index (Phi) is 22.1. The normalized spacial score (nSPS) is 17.9. The maximum atomic E-state index is 14.5. The molecule has 2 heterocycles. The van der Waals surface area contributed by atoms with Gasteiger partial charge in [-0.1, -0.05) is 192 Å². The Morgan fingerprint density at radius 3 is 0.899 bits per heavy atom. The summed E-state index contributed by atoms with van der Waals surface area (Å²) in [7, 11) is 0. The molecule has 476 valence electrons. The standard InChI is InChI=1S/C74H92N2O13/c1-71(2,3)57-37-49-33-53-41-59(73(7,8)9)43-55-35-51-39-58(72(4,5)6)40-52(66(51)80)36-56-44-60(74(10,11)12)42-54(34-50(38-57)65(49)79)68(56)89-46-64(78)76-62(32-48-21-17-14-18-22-48)70(82)87-30-28-85-26-24-83-23-25-84-27-29-86-69(81)61(31-47-19-15-13-16-20-47)75-63(77)45-88-67(53)55/h13-22,37-44,61-62,79-80H,23-36,45-46H2,1-12H3,(H,75,77)(H,76,78). The van der Waals surface area contributed by atoms with E-state index in [1.54, 1.807) is 0 Å². The van der Waals surface area contributed by atoms with E-state index in [-0.39, 0.29) is 114 Å². The van der Waals surface area contributed by atoms with E-state index in [1.165, 1.54) is 0 Å². The van der Waals surface area contributed by atoms with E-state index in [1.807, 2.05) is 84.9 Å². The molecule has 89 heavy (non-hydrogen) atoms. The van der Waals surface area contributed by atoms with Gasteiger partial charge in [-0.05, 0) is 99.5 Å². The molecule has 0 saturated carbocycles. The summed E-state index contributed by atoms with van der Waals surface area (Å²) in [6, 6.07) is 33.0. The number of esters is 2. The first kappa shape index (κ1) is 67.2. The van der Waals surface area contributed by atoms with Crippen LogP contribution in [0.5, 0.6) is 23.0 Å². The van der Waals surface area contributed by atoms with Gasteiger partial charge in [0.15, 0.2) is 13.2 Å². The molecule has 2 unspecified atom stereocenters. The molecule has 0 fully saturated rings. The minimum absolute atomic E-state index is 0.0615. The van der Waals surface area contributed by atoms with Crippen molar-refractivity contribution in [2.75, 3.05) is 66.1 Å². The van der Waals surface area contributed by atoms with E-state index >= 15 is 0 Å². The average Bonchev–Trinajstić information content (AvgIpc) is 1.17. The first-order valence-electron chi connectivity index (χ1n) is 31.1. The van der Waals surface area contributed by atoms with Gasteiger partial charge in [-0.15, -0.1) is 0 Å². The van der Waals surface area contributed by atoms with Crippen molar-refractivity contribution in [2.24, 2.45) is 0 Å². The van der Waals surface area contributed by atoms with E-state index in [9.17, 15) is 29.4 Å². The van der Waals surface area contributed by atoms with Crippen LogP contribution in [0, 0.1) is 0 Å². The fraction of sp³-hybridized carbons (Fsp3) is 0.459. The first-order chi connectivity index (χ1) is 42.1. The van der Waals surface area contributed by atoms with Crippen molar-refractivity contribution in [1.29, 1.82) is 0 Å². The van der Waals surface area contributed by atoms with Gasteiger partial charge in [0.25, 0.3) is 11.8 Å². The number of carbonyl (C=O) groups is 4. The molecule has 3 aliphatic rings. The number of fused-ring (bicyclic) bond motifs is 24. The lowest BCUT2D eigenvalue weighted by Crippen LogP contribution is -2.45. The number of carbonyl (C=O) groups excluding carboxylic acids is 4. The zero-order chi connectivity index (χ0) is 64.3. The van der Waals surface area contributed by atoms with Crippen molar-refractivity contribution in [3.8, 4) is 23.0 Å². The lowest BCUT2D eigenvalue weighted by molar-refractivity contribution is -0.149. The minimum Gasteiger partial charge on any atom is -0.507 e. The SMILES string of the molecule is CC(C)(C)c1cc2c(O)c(c1)Cc1cc(C(C)(C)C)cc3c1OCC(=O)NC(Cc1ccccc1)C(=O)OCCOCCOCCOCCOC(=O)C(Cc1ccccc1)NC(=O)COc1c(cc(C(C)(C)C)cc1Cc1cc(C(C)(C)C)cc(c1O)C3)C2. The maximum absolute atomic E-state index is 14.5. The van der Waals surface area contributed by atoms with Crippen LogP contribution in [-0.4, -0.2) is 112 Å². The fourth-order valence-corrected chi connectivity index (χ4v) is 11.0. The summed E-state index contributed by atoms with van der Waals surface area (Å²) in [5.41, 5.74) is 9.17. The van der Waals surface area contributed by atoms with Gasteiger partial charge >= 0.3 is 11.9 Å². The van der Waals surface area contributed by atoms with Crippen LogP contribution in [0.15, 0.2) is 109 Å². The third-order valence-electron chi connectivity index (χ3n) is 16.2. The van der Waals surface area contributed by atoms with E-state index in [0.29, 0.717) is 56.0 Å². The smallest absolute Gasteiger partial charge is 0.329 e. The Balaban J connectivity index is 1.30. The first-order valence-corrected chi connectivity index (χ1v) is 31.1. The number of hydrogen-bond acceptors (Lipinski definition) is 13. The summed E-state index contributed by atoms with van der Waals surface area (Å²) in [5.74, 6) is -1.46. The number of nitrogens with one attached hydrogen (secondary N) is 2. The van der Waals surface area contributed by atoms with Crippen LogP contribution in [0.2, 0.25) is 0 Å². The molecule has 15 nitrogen and oxygen atoms in total. The highest BCUT2D eigenvalue weighted by Crippen LogP contribution is 2.44. The average molecular weight is 1220 g/mol. The van der Waals surface area contributed by atoms with Crippen molar-refractivity contribution in [1.82, 2.24) is 10.6 Å². The molecule has 2 atom stereocenters. The maximum Gasteiger partial charge on any atom is 0.329 e. The monoisotopic (exact) mass is 1220 g/mol. The Hall–Kier alpha value is -7.72. The van der Waals surface area contributed by atoms with Crippen LogP contribution in [0.1, 0.15) is 161 Å². The summed E-state index contributed by atoms with van der Waals surface area (Å²) < 4.78 is 42.2. The Bertz CT molecular complexity index is 3120. The molecule has 0 radical (unpaired) electrons. The van der Waals surface area contributed by atoms with Crippen LogP contribution in [0.4, 0.5) is 0 Å². The molecule has 1 aliphatic carbocycles. The molecule has 9 rings (SSSR count). The second kappa shape index (κ2) is 29.3. The number of phenols is 2. The number of amides is 2. The molecule has 0 aromatic heterocycles. The van der Waals surface area contributed by atoms with Gasteiger partial charge in [0.1, 0.15) is 48.3 Å². The van der Waals surface area contributed by atoms with Gasteiger partial charge in [-0.25, -0.2) is 9.59 Å². The van der Waals surface area contributed by atoms with Crippen molar-refractivity contribution < 1.29 is 62.5 Å². The summed E-state index contributed by atoms with van der Waals surface area (Å²) in [6.45, 7) is 25.5. The highest BCUT2D eigenvalue weighted by molar-refractivity contribution is 5.86. The molecule has 2 amide bonds. The molecule has 10 bridgehead atoms. The van der Waals surface area contributed by atoms with Crippen molar-refractivity contribution in [2.45, 2.75) is 155 Å². The molecule has 0 saturated heterocycles. The minimum atomic E-state index is -1.08. The molecular weight excluding hydrogens is 1120 g/mol. The second-order valence-electron chi connectivity index (χ2n) is 27.6. The van der Waals surface area contributed by atoms with Crippen LogP contribution < -0.4 is 20.1 Å². The molecule has 4 N–H and O–H groups in total.